The Morgan fingerprint density at radius 1 is 1.55 bits per heavy atom. The lowest BCUT2D eigenvalue weighted by Gasteiger charge is -2.21. The summed E-state index contributed by atoms with van der Waals surface area (Å²) in [5.41, 5.74) is 0. The lowest BCUT2D eigenvalue weighted by molar-refractivity contribution is -0.145. The Kier molecular flexibility index (Phi) is 5.86. The van der Waals surface area contributed by atoms with Gasteiger partial charge in [-0.2, -0.15) is 0 Å². The number of carbonyl (C=O) groups excluding carboxylic acids is 1. The first-order chi connectivity index (χ1) is 10.7. The third-order valence-corrected chi connectivity index (χ3v) is 3.95. The van der Waals surface area contributed by atoms with Crippen LogP contribution in [0, 0.1) is 11.8 Å². The second-order valence-corrected chi connectivity index (χ2v) is 5.58. The van der Waals surface area contributed by atoms with Crippen molar-refractivity contribution < 1.29 is 13.9 Å². The molecule has 0 aliphatic carbocycles. The number of guanidine groups is 1. The van der Waals surface area contributed by atoms with Gasteiger partial charge in [-0.05, 0) is 25.0 Å². The molecule has 2 heterocycles. The monoisotopic (exact) mass is 307 g/mol. The van der Waals surface area contributed by atoms with E-state index in [-0.39, 0.29) is 17.8 Å². The zero-order valence-corrected chi connectivity index (χ0v) is 13.5. The molecule has 1 fully saturated rings. The van der Waals surface area contributed by atoms with E-state index >= 15 is 0 Å². The fraction of sp³-hybridized carbons (Fsp3) is 0.625. The van der Waals surface area contributed by atoms with Crippen LogP contribution in [0.1, 0.15) is 19.6 Å². The molecule has 6 heteroatoms. The lowest BCUT2D eigenvalue weighted by atomic mass is 9.99. The molecule has 122 valence electrons. The van der Waals surface area contributed by atoms with Crippen molar-refractivity contribution in [3.8, 4) is 0 Å². The third-order valence-electron chi connectivity index (χ3n) is 3.95. The number of aliphatic imine (C=N–C) groups is 1. The quantitative estimate of drug-likeness (QED) is 0.507. The maximum Gasteiger partial charge on any atom is 0.310 e. The van der Waals surface area contributed by atoms with Crippen LogP contribution >= 0.6 is 0 Å². The van der Waals surface area contributed by atoms with Gasteiger partial charge in [0.25, 0.3) is 0 Å². The van der Waals surface area contributed by atoms with Gasteiger partial charge in [0.05, 0.1) is 19.3 Å². The predicted octanol–water partition coefficient (Wildman–Crippen LogP) is 1.53. The number of nitrogens with one attached hydrogen (secondary N) is 1. The number of methoxy groups -OCH3 is 1. The first kappa shape index (κ1) is 16.4. The molecule has 0 radical (unpaired) electrons. The van der Waals surface area contributed by atoms with Crippen LogP contribution in [0.25, 0.3) is 0 Å². The van der Waals surface area contributed by atoms with Crippen LogP contribution in [0.3, 0.4) is 0 Å². The molecule has 0 saturated carbocycles. The van der Waals surface area contributed by atoms with Crippen molar-refractivity contribution in [1.29, 1.82) is 0 Å². The highest BCUT2D eigenvalue weighted by Crippen LogP contribution is 2.24. The lowest BCUT2D eigenvalue weighted by Crippen LogP contribution is -2.40. The van der Waals surface area contributed by atoms with E-state index in [1.807, 2.05) is 19.1 Å². The SMILES string of the molecule is CCNC(=NCCc1ccco1)N1CC(C)C(C(=O)OC)C1. The molecular weight excluding hydrogens is 282 g/mol. The summed E-state index contributed by atoms with van der Waals surface area (Å²) >= 11 is 0. The molecule has 0 spiro atoms. The summed E-state index contributed by atoms with van der Waals surface area (Å²) in [6.45, 7) is 7.04. The third kappa shape index (κ3) is 4.02. The summed E-state index contributed by atoms with van der Waals surface area (Å²) in [5.74, 6) is 1.83. The predicted molar refractivity (Wildman–Crippen MR) is 84.6 cm³/mol. The second kappa shape index (κ2) is 7.87. The first-order valence-electron chi connectivity index (χ1n) is 7.79. The van der Waals surface area contributed by atoms with Crippen molar-refractivity contribution in [1.82, 2.24) is 10.2 Å². The van der Waals surface area contributed by atoms with Crippen LogP contribution in [0.15, 0.2) is 27.8 Å². The van der Waals surface area contributed by atoms with Gasteiger partial charge >= 0.3 is 5.97 Å². The van der Waals surface area contributed by atoms with E-state index in [1.165, 1.54) is 7.11 Å². The molecule has 1 saturated heterocycles. The number of furan rings is 1. The van der Waals surface area contributed by atoms with Crippen molar-refractivity contribution in [2.45, 2.75) is 20.3 Å². The number of hydrogen-bond donors (Lipinski definition) is 1. The highest BCUT2D eigenvalue weighted by atomic mass is 16.5. The van der Waals surface area contributed by atoms with E-state index in [4.69, 9.17) is 9.15 Å². The number of hydrogen-bond acceptors (Lipinski definition) is 4. The summed E-state index contributed by atoms with van der Waals surface area (Å²) in [6, 6.07) is 3.83. The average Bonchev–Trinajstić information content (AvgIpc) is 3.15. The van der Waals surface area contributed by atoms with Crippen LogP contribution in [-0.2, 0) is 16.0 Å². The number of nitrogens with zero attached hydrogens (tertiary/aromatic N) is 2. The minimum absolute atomic E-state index is 0.0843. The first-order valence-corrected chi connectivity index (χ1v) is 7.79. The Labute approximate surface area is 131 Å². The molecule has 1 aromatic heterocycles. The Morgan fingerprint density at radius 2 is 2.36 bits per heavy atom. The van der Waals surface area contributed by atoms with Crippen LogP contribution in [0.5, 0.6) is 0 Å². The Balaban J connectivity index is 1.97. The molecule has 2 atom stereocenters. The van der Waals surface area contributed by atoms with Gasteiger partial charge in [0.1, 0.15) is 5.76 Å². The van der Waals surface area contributed by atoms with Crippen LogP contribution < -0.4 is 5.32 Å². The van der Waals surface area contributed by atoms with E-state index in [9.17, 15) is 4.79 Å². The summed E-state index contributed by atoms with van der Waals surface area (Å²) in [4.78, 5) is 18.6. The standard InChI is InChI=1S/C16H25N3O3/c1-4-17-16(18-8-7-13-6-5-9-22-13)19-10-12(2)14(11-19)15(20)21-3/h5-6,9,12,14H,4,7-8,10-11H2,1-3H3,(H,17,18). The number of rotatable bonds is 5. The minimum atomic E-state index is -0.138. The van der Waals surface area contributed by atoms with E-state index in [0.717, 1.165) is 31.2 Å². The van der Waals surface area contributed by atoms with E-state index in [1.54, 1.807) is 6.26 Å². The molecule has 1 aliphatic rings. The molecule has 0 bridgehead atoms. The summed E-state index contributed by atoms with van der Waals surface area (Å²) < 4.78 is 10.2. The smallest absolute Gasteiger partial charge is 0.310 e. The maximum atomic E-state index is 11.8. The van der Waals surface area contributed by atoms with Crippen molar-refractivity contribution in [3.05, 3.63) is 24.2 Å². The second-order valence-electron chi connectivity index (χ2n) is 5.58. The molecule has 1 aromatic rings. The normalized spacial score (nSPS) is 22.0. The zero-order chi connectivity index (χ0) is 15.9. The zero-order valence-electron chi connectivity index (χ0n) is 13.5. The van der Waals surface area contributed by atoms with Gasteiger partial charge in [-0.3, -0.25) is 9.79 Å². The number of carbonyl (C=O) groups is 1. The largest absolute Gasteiger partial charge is 0.469 e. The van der Waals surface area contributed by atoms with E-state index < -0.39 is 0 Å². The number of esters is 1. The molecule has 2 unspecified atom stereocenters. The van der Waals surface area contributed by atoms with Crippen LogP contribution in [0.4, 0.5) is 0 Å². The van der Waals surface area contributed by atoms with Gasteiger partial charge in [-0.25, -0.2) is 0 Å². The maximum absolute atomic E-state index is 11.8. The van der Waals surface area contributed by atoms with Gasteiger partial charge in [0.15, 0.2) is 5.96 Å². The van der Waals surface area contributed by atoms with Crippen molar-refractivity contribution in [3.63, 3.8) is 0 Å². The van der Waals surface area contributed by atoms with Gasteiger partial charge in [-0.1, -0.05) is 6.92 Å². The molecule has 1 aliphatic heterocycles. The highest BCUT2D eigenvalue weighted by Gasteiger charge is 2.36. The highest BCUT2D eigenvalue weighted by molar-refractivity contribution is 5.82. The molecular formula is C16H25N3O3. The fourth-order valence-corrected chi connectivity index (χ4v) is 2.75. The number of ether oxygens (including phenoxy) is 1. The average molecular weight is 307 g/mol. The van der Waals surface area contributed by atoms with Gasteiger partial charge in [0.2, 0.25) is 0 Å². The summed E-state index contributed by atoms with van der Waals surface area (Å²) in [5, 5.41) is 3.30. The molecule has 6 nitrogen and oxygen atoms in total. The Morgan fingerprint density at radius 3 is 3.00 bits per heavy atom. The van der Waals surface area contributed by atoms with Gasteiger partial charge < -0.3 is 19.4 Å². The topological polar surface area (TPSA) is 67.1 Å². The van der Waals surface area contributed by atoms with Gasteiger partial charge in [-0.15, -0.1) is 0 Å². The van der Waals surface area contributed by atoms with Crippen molar-refractivity contribution >= 4 is 11.9 Å². The van der Waals surface area contributed by atoms with Gasteiger partial charge in [0, 0.05) is 32.6 Å². The summed E-state index contributed by atoms with van der Waals surface area (Å²) in [6.07, 6.45) is 2.44. The number of likely N-dealkylation sites (tertiary alicyclic amines) is 1. The molecule has 1 N–H and O–H groups in total. The fourth-order valence-electron chi connectivity index (χ4n) is 2.75. The van der Waals surface area contributed by atoms with Crippen LogP contribution in [-0.4, -0.2) is 50.1 Å². The van der Waals surface area contributed by atoms with E-state index in [0.29, 0.717) is 13.1 Å². The Bertz CT molecular complexity index is 499. The summed E-state index contributed by atoms with van der Waals surface area (Å²) in [7, 11) is 1.44. The molecule has 22 heavy (non-hydrogen) atoms. The van der Waals surface area contributed by atoms with E-state index in [2.05, 4.69) is 22.1 Å². The molecule has 0 aromatic carbocycles. The molecule has 0 amide bonds. The van der Waals surface area contributed by atoms with Crippen molar-refractivity contribution in [2.75, 3.05) is 33.3 Å². The van der Waals surface area contributed by atoms with Crippen LogP contribution in [0.2, 0.25) is 0 Å². The molecule has 2 rings (SSSR count). The van der Waals surface area contributed by atoms with Crippen molar-refractivity contribution in [2.24, 2.45) is 16.8 Å². The minimum Gasteiger partial charge on any atom is -0.469 e. The Hall–Kier alpha value is -1.98.